The number of piperidine rings is 1. The van der Waals surface area contributed by atoms with Crippen LogP contribution in [0.25, 0.3) is 5.69 Å². The van der Waals surface area contributed by atoms with Crippen molar-refractivity contribution in [2.45, 2.75) is 39.0 Å². The van der Waals surface area contributed by atoms with E-state index in [0.717, 1.165) is 60.8 Å². The van der Waals surface area contributed by atoms with Gasteiger partial charge in [-0.1, -0.05) is 6.92 Å². The Labute approximate surface area is 157 Å². The number of likely N-dealkylation sites (tertiary alicyclic amines) is 1. The zero-order chi connectivity index (χ0) is 18.8. The number of amides is 1. The summed E-state index contributed by atoms with van der Waals surface area (Å²) >= 11 is 0. The minimum absolute atomic E-state index is 0.0836. The van der Waals surface area contributed by atoms with Crippen LogP contribution in [0.15, 0.2) is 30.9 Å². The van der Waals surface area contributed by atoms with E-state index in [4.69, 9.17) is 0 Å². The quantitative estimate of drug-likeness (QED) is 0.766. The van der Waals surface area contributed by atoms with Crippen LogP contribution in [0.4, 0.5) is 0 Å². The molecule has 1 saturated heterocycles. The number of aryl methyl sites for hydroxylation is 2. The molecule has 140 valence electrons. The van der Waals surface area contributed by atoms with E-state index in [0.29, 0.717) is 5.92 Å². The first-order valence-corrected chi connectivity index (χ1v) is 9.31. The summed E-state index contributed by atoms with van der Waals surface area (Å²) in [7, 11) is 0. The van der Waals surface area contributed by atoms with Gasteiger partial charge >= 0.3 is 0 Å². The Morgan fingerprint density at radius 2 is 2.11 bits per heavy atom. The highest BCUT2D eigenvalue weighted by Gasteiger charge is 2.27. The Balaban J connectivity index is 1.43. The Kier molecular flexibility index (Phi) is 4.70. The van der Waals surface area contributed by atoms with Gasteiger partial charge in [-0.05, 0) is 43.5 Å². The lowest BCUT2D eigenvalue weighted by molar-refractivity contribution is 0.0710. The van der Waals surface area contributed by atoms with E-state index in [-0.39, 0.29) is 5.91 Å². The van der Waals surface area contributed by atoms with Crippen LogP contribution >= 0.6 is 0 Å². The molecule has 0 bridgehead atoms. The first kappa shape index (κ1) is 17.4. The Bertz CT molecular complexity index is 923. The Morgan fingerprint density at radius 3 is 2.74 bits per heavy atom. The summed E-state index contributed by atoms with van der Waals surface area (Å²) in [6.45, 7) is 5.47. The SMILES string of the molecule is CCc1nc(C2CCN(C(=O)c3ccc(-n4cncn4)cc3C)CC2)n[nH]1. The maximum Gasteiger partial charge on any atom is 0.254 e. The van der Waals surface area contributed by atoms with Crippen molar-refractivity contribution in [1.82, 2.24) is 34.8 Å². The number of carbonyl (C=O) groups is 1. The highest BCUT2D eigenvalue weighted by molar-refractivity contribution is 5.96. The molecule has 8 nitrogen and oxygen atoms in total. The van der Waals surface area contributed by atoms with E-state index in [9.17, 15) is 4.79 Å². The first-order valence-electron chi connectivity index (χ1n) is 9.31. The molecule has 4 rings (SSSR count). The molecule has 0 radical (unpaired) electrons. The van der Waals surface area contributed by atoms with Crippen LogP contribution < -0.4 is 0 Å². The number of H-pyrrole nitrogens is 1. The van der Waals surface area contributed by atoms with Gasteiger partial charge in [0, 0.05) is 31.0 Å². The van der Waals surface area contributed by atoms with Crippen LogP contribution in [0.2, 0.25) is 0 Å². The first-order chi connectivity index (χ1) is 13.2. The average molecular weight is 365 g/mol. The second kappa shape index (κ2) is 7.30. The maximum absolute atomic E-state index is 13.0. The molecule has 2 aromatic heterocycles. The highest BCUT2D eigenvalue weighted by atomic mass is 16.2. The van der Waals surface area contributed by atoms with Gasteiger partial charge in [0.25, 0.3) is 5.91 Å². The zero-order valence-corrected chi connectivity index (χ0v) is 15.6. The molecule has 0 spiro atoms. The van der Waals surface area contributed by atoms with Crippen LogP contribution in [0.1, 0.15) is 53.3 Å². The number of aromatic nitrogens is 6. The number of benzene rings is 1. The fourth-order valence-corrected chi connectivity index (χ4v) is 3.53. The minimum Gasteiger partial charge on any atom is -0.339 e. The molecular formula is C19H23N7O. The van der Waals surface area contributed by atoms with Crippen molar-refractivity contribution in [1.29, 1.82) is 0 Å². The molecule has 1 fully saturated rings. The van der Waals surface area contributed by atoms with Gasteiger partial charge in [0.05, 0.1) is 5.69 Å². The lowest BCUT2D eigenvalue weighted by Crippen LogP contribution is -2.38. The molecular weight excluding hydrogens is 342 g/mol. The standard InChI is InChI=1S/C19H23N7O/c1-3-17-22-18(24-23-17)14-6-8-25(9-7-14)19(27)16-5-4-15(10-13(16)2)26-12-20-11-21-26/h4-5,10-12,14H,3,6-9H2,1-2H3,(H,22,23,24). The number of aromatic amines is 1. The summed E-state index contributed by atoms with van der Waals surface area (Å²) in [5.41, 5.74) is 2.58. The van der Waals surface area contributed by atoms with E-state index in [2.05, 4.69) is 32.2 Å². The topological polar surface area (TPSA) is 92.6 Å². The maximum atomic E-state index is 13.0. The number of hydrogen-bond acceptors (Lipinski definition) is 5. The molecule has 27 heavy (non-hydrogen) atoms. The molecule has 1 N–H and O–H groups in total. The molecule has 0 atom stereocenters. The van der Waals surface area contributed by atoms with Crippen LogP contribution in [0.5, 0.6) is 0 Å². The Morgan fingerprint density at radius 1 is 1.30 bits per heavy atom. The van der Waals surface area contributed by atoms with Gasteiger partial charge in [0.1, 0.15) is 18.5 Å². The summed E-state index contributed by atoms with van der Waals surface area (Å²) < 4.78 is 1.69. The average Bonchev–Trinajstić information content (AvgIpc) is 3.39. The van der Waals surface area contributed by atoms with Crippen molar-refractivity contribution in [2.75, 3.05) is 13.1 Å². The van der Waals surface area contributed by atoms with Crippen LogP contribution in [-0.4, -0.2) is 53.8 Å². The molecule has 1 amide bonds. The molecule has 8 heteroatoms. The van der Waals surface area contributed by atoms with Crippen LogP contribution in [-0.2, 0) is 6.42 Å². The number of nitrogens with one attached hydrogen (secondary N) is 1. The third kappa shape index (κ3) is 3.47. The number of carbonyl (C=O) groups excluding carboxylic acids is 1. The molecule has 0 saturated carbocycles. The van der Waals surface area contributed by atoms with Crippen molar-refractivity contribution in [2.24, 2.45) is 0 Å². The van der Waals surface area contributed by atoms with Crippen molar-refractivity contribution in [3.05, 3.63) is 53.6 Å². The predicted octanol–water partition coefficient (Wildman–Crippen LogP) is 2.28. The van der Waals surface area contributed by atoms with Gasteiger partial charge in [0.2, 0.25) is 0 Å². The summed E-state index contributed by atoms with van der Waals surface area (Å²) in [5, 5.41) is 11.5. The van der Waals surface area contributed by atoms with Crippen molar-refractivity contribution < 1.29 is 4.79 Å². The third-order valence-electron chi connectivity index (χ3n) is 5.15. The second-order valence-electron chi connectivity index (χ2n) is 6.90. The monoisotopic (exact) mass is 365 g/mol. The van der Waals surface area contributed by atoms with Crippen molar-refractivity contribution in [3.63, 3.8) is 0 Å². The zero-order valence-electron chi connectivity index (χ0n) is 15.6. The van der Waals surface area contributed by atoms with Gasteiger partial charge in [-0.2, -0.15) is 10.2 Å². The molecule has 3 heterocycles. The third-order valence-corrected chi connectivity index (χ3v) is 5.15. The summed E-state index contributed by atoms with van der Waals surface area (Å²) in [5.74, 6) is 2.21. The van der Waals surface area contributed by atoms with E-state index < -0.39 is 0 Å². The predicted molar refractivity (Wildman–Crippen MR) is 99.7 cm³/mol. The van der Waals surface area contributed by atoms with Crippen molar-refractivity contribution >= 4 is 5.91 Å². The lowest BCUT2D eigenvalue weighted by atomic mass is 9.95. The number of hydrogen-bond donors (Lipinski definition) is 1. The summed E-state index contributed by atoms with van der Waals surface area (Å²) in [6, 6.07) is 5.75. The van der Waals surface area contributed by atoms with Gasteiger partial charge in [-0.15, -0.1) is 0 Å². The molecule has 1 aliphatic rings. The summed E-state index contributed by atoms with van der Waals surface area (Å²) in [4.78, 5) is 23.4. The number of nitrogens with zero attached hydrogens (tertiary/aromatic N) is 6. The smallest absolute Gasteiger partial charge is 0.254 e. The van der Waals surface area contributed by atoms with Gasteiger partial charge in [-0.25, -0.2) is 14.6 Å². The van der Waals surface area contributed by atoms with E-state index in [1.807, 2.05) is 30.0 Å². The normalized spacial score (nSPS) is 15.3. The lowest BCUT2D eigenvalue weighted by Gasteiger charge is -2.31. The van der Waals surface area contributed by atoms with Gasteiger partial charge in [0.15, 0.2) is 5.82 Å². The van der Waals surface area contributed by atoms with Crippen LogP contribution in [0, 0.1) is 6.92 Å². The van der Waals surface area contributed by atoms with E-state index in [1.165, 1.54) is 6.33 Å². The molecule has 3 aromatic rings. The van der Waals surface area contributed by atoms with Crippen LogP contribution in [0.3, 0.4) is 0 Å². The molecule has 0 unspecified atom stereocenters. The minimum atomic E-state index is 0.0836. The fraction of sp³-hybridized carbons (Fsp3) is 0.421. The van der Waals surface area contributed by atoms with Gasteiger partial charge in [-0.3, -0.25) is 9.89 Å². The number of rotatable bonds is 4. The second-order valence-corrected chi connectivity index (χ2v) is 6.90. The molecule has 1 aromatic carbocycles. The molecule has 0 aliphatic carbocycles. The van der Waals surface area contributed by atoms with E-state index in [1.54, 1.807) is 11.0 Å². The van der Waals surface area contributed by atoms with E-state index >= 15 is 0 Å². The fourth-order valence-electron chi connectivity index (χ4n) is 3.53. The molecule has 1 aliphatic heterocycles. The summed E-state index contributed by atoms with van der Waals surface area (Å²) in [6.07, 6.45) is 5.78. The van der Waals surface area contributed by atoms with Gasteiger partial charge < -0.3 is 4.90 Å². The van der Waals surface area contributed by atoms with Crippen molar-refractivity contribution in [3.8, 4) is 5.69 Å². The largest absolute Gasteiger partial charge is 0.339 e. The highest BCUT2D eigenvalue weighted by Crippen LogP contribution is 2.27. The Hall–Kier alpha value is -3.03.